The summed E-state index contributed by atoms with van der Waals surface area (Å²) in [6.45, 7) is 2.60. The van der Waals surface area contributed by atoms with Crippen molar-refractivity contribution in [2.45, 2.75) is 36.5 Å². The van der Waals surface area contributed by atoms with Gasteiger partial charge in [0, 0.05) is 12.0 Å². The second kappa shape index (κ2) is 5.35. The lowest BCUT2D eigenvalue weighted by molar-refractivity contribution is 0.127. The number of hydrogen-bond acceptors (Lipinski definition) is 4. The standard InChI is InChI=1S/C15H21NO4S/c1-11-4-2-3-5-12(11)15(6-7-15)10-16-21(18,19)14-9-20-8-13(14)17/h2-5,13-14,16-17H,6-10H2,1H3. The molecule has 0 amide bonds. The molecule has 2 unspecified atom stereocenters. The van der Waals surface area contributed by atoms with E-state index in [4.69, 9.17) is 4.74 Å². The van der Waals surface area contributed by atoms with Crippen LogP contribution in [-0.4, -0.2) is 44.6 Å². The van der Waals surface area contributed by atoms with Gasteiger partial charge in [0.25, 0.3) is 0 Å². The first-order chi connectivity index (χ1) is 9.95. The molecule has 0 aromatic heterocycles. The highest BCUT2D eigenvalue weighted by Gasteiger charge is 2.47. The SMILES string of the molecule is Cc1ccccc1C1(CNS(=O)(=O)C2COCC2O)CC1. The number of aliphatic hydroxyl groups excluding tert-OH is 1. The highest BCUT2D eigenvalue weighted by molar-refractivity contribution is 7.90. The van der Waals surface area contributed by atoms with E-state index in [1.165, 1.54) is 11.1 Å². The van der Waals surface area contributed by atoms with Crippen LogP contribution < -0.4 is 4.72 Å². The molecule has 1 aromatic carbocycles. The van der Waals surface area contributed by atoms with Crippen LogP contribution in [0.15, 0.2) is 24.3 Å². The Balaban J connectivity index is 1.72. The zero-order chi connectivity index (χ0) is 15.1. The lowest BCUT2D eigenvalue weighted by Gasteiger charge is -2.21. The molecule has 116 valence electrons. The topological polar surface area (TPSA) is 75.6 Å². The Labute approximate surface area is 125 Å². The summed E-state index contributed by atoms with van der Waals surface area (Å²) in [6.07, 6.45) is 1.05. The van der Waals surface area contributed by atoms with E-state index >= 15 is 0 Å². The molecule has 1 saturated heterocycles. The number of aliphatic hydroxyl groups is 1. The van der Waals surface area contributed by atoms with Crippen LogP contribution >= 0.6 is 0 Å². The van der Waals surface area contributed by atoms with Crippen molar-refractivity contribution in [1.29, 1.82) is 0 Å². The van der Waals surface area contributed by atoms with Gasteiger partial charge in [-0.15, -0.1) is 0 Å². The maximum absolute atomic E-state index is 12.3. The van der Waals surface area contributed by atoms with Crippen molar-refractivity contribution in [1.82, 2.24) is 4.72 Å². The van der Waals surface area contributed by atoms with E-state index in [-0.39, 0.29) is 18.6 Å². The highest BCUT2D eigenvalue weighted by atomic mass is 32.2. The van der Waals surface area contributed by atoms with E-state index in [0.717, 1.165) is 12.8 Å². The van der Waals surface area contributed by atoms with Crippen molar-refractivity contribution in [2.75, 3.05) is 19.8 Å². The number of aryl methyl sites for hydroxylation is 1. The fraction of sp³-hybridized carbons (Fsp3) is 0.600. The van der Waals surface area contributed by atoms with Crippen molar-refractivity contribution in [3.63, 3.8) is 0 Å². The molecule has 5 nitrogen and oxygen atoms in total. The molecule has 3 rings (SSSR count). The molecular formula is C15H21NO4S. The van der Waals surface area contributed by atoms with Crippen LogP contribution in [0.4, 0.5) is 0 Å². The molecule has 6 heteroatoms. The Kier molecular flexibility index (Phi) is 3.81. The normalized spacial score (nSPS) is 27.7. The number of rotatable bonds is 5. The van der Waals surface area contributed by atoms with E-state index in [1.54, 1.807) is 0 Å². The fourth-order valence-corrected chi connectivity index (χ4v) is 4.48. The highest BCUT2D eigenvalue weighted by Crippen LogP contribution is 2.48. The molecule has 1 aromatic rings. The molecule has 0 bridgehead atoms. The van der Waals surface area contributed by atoms with Crippen molar-refractivity contribution in [3.05, 3.63) is 35.4 Å². The van der Waals surface area contributed by atoms with E-state index in [2.05, 4.69) is 23.8 Å². The molecule has 2 N–H and O–H groups in total. The quantitative estimate of drug-likeness (QED) is 0.839. The Bertz CT molecular complexity index is 624. The summed E-state index contributed by atoms with van der Waals surface area (Å²) in [5.41, 5.74) is 2.33. The number of hydrogen-bond donors (Lipinski definition) is 2. The lowest BCUT2D eigenvalue weighted by atomic mass is 9.92. The summed E-state index contributed by atoms with van der Waals surface area (Å²) in [6, 6.07) is 8.11. The minimum Gasteiger partial charge on any atom is -0.389 e. The first-order valence-corrected chi connectivity index (χ1v) is 8.80. The number of nitrogens with one attached hydrogen (secondary N) is 1. The van der Waals surface area contributed by atoms with E-state index in [9.17, 15) is 13.5 Å². The second-order valence-corrected chi connectivity index (χ2v) is 8.09. The third-order valence-corrected chi connectivity index (χ3v) is 6.37. The zero-order valence-corrected chi connectivity index (χ0v) is 12.9. The maximum atomic E-state index is 12.3. The van der Waals surface area contributed by atoms with Crippen molar-refractivity contribution in [3.8, 4) is 0 Å². The Morgan fingerprint density at radius 1 is 1.33 bits per heavy atom. The second-order valence-electron chi connectivity index (χ2n) is 6.10. The molecular weight excluding hydrogens is 290 g/mol. The summed E-state index contributed by atoms with van der Waals surface area (Å²) in [4.78, 5) is 0. The summed E-state index contributed by atoms with van der Waals surface area (Å²) in [5.74, 6) is 0. The average Bonchev–Trinajstić information content (AvgIpc) is 3.11. The third kappa shape index (κ3) is 2.85. The molecule has 1 heterocycles. The van der Waals surface area contributed by atoms with Crippen LogP contribution in [0, 0.1) is 6.92 Å². The average molecular weight is 311 g/mol. The molecule has 21 heavy (non-hydrogen) atoms. The van der Waals surface area contributed by atoms with Gasteiger partial charge in [-0.25, -0.2) is 13.1 Å². The van der Waals surface area contributed by atoms with Crippen LogP contribution in [0.25, 0.3) is 0 Å². The van der Waals surface area contributed by atoms with Crippen LogP contribution in [0.3, 0.4) is 0 Å². The molecule has 0 spiro atoms. The molecule has 0 radical (unpaired) electrons. The van der Waals surface area contributed by atoms with Crippen LogP contribution in [0.2, 0.25) is 0 Å². The predicted molar refractivity (Wildman–Crippen MR) is 79.6 cm³/mol. The summed E-state index contributed by atoms with van der Waals surface area (Å²) in [5, 5.41) is 8.83. The van der Waals surface area contributed by atoms with Crippen LogP contribution in [0.5, 0.6) is 0 Å². The number of sulfonamides is 1. The van der Waals surface area contributed by atoms with Gasteiger partial charge in [0.05, 0.1) is 19.3 Å². The molecule has 2 fully saturated rings. The van der Waals surface area contributed by atoms with Crippen molar-refractivity contribution < 1.29 is 18.3 Å². The van der Waals surface area contributed by atoms with Crippen molar-refractivity contribution >= 4 is 10.0 Å². The smallest absolute Gasteiger partial charge is 0.219 e. The van der Waals surface area contributed by atoms with E-state index < -0.39 is 21.4 Å². The van der Waals surface area contributed by atoms with Gasteiger partial charge >= 0.3 is 0 Å². The fourth-order valence-electron chi connectivity index (χ4n) is 3.03. The zero-order valence-electron chi connectivity index (χ0n) is 12.1. The van der Waals surface area contributed by atoms with Crippen LogP contribution in [-0.2, 0) is 20.2 Å². The first kappa shape index (κ1) is 15.0. The van der Waals surface area contributed by atoms with E-state index in [0.29, 0.717) is 6.54 Å². The summed E-state index contributed by atoms with van der Waals surface area (Å²) in [7, 11) is -3.55. The molecule has 1 aliphatic carbocycles. The summed E-state index contributed by atoms with van der Waals surface area (Å²) >= 11 is 0. The number of benzene rings is 1. The predicted octanol–water partition coefficient (Wildman–Crippen LogP) is 0.706. The number of ether oxygens (including phenoxy) is 1. The van der Waals surface area contributed by atoms with Gasteiger partial charge < -0.3 is 9.84 Å². The van der Waals surface area contributed by atoms with Gasteiger partial charge in [-0.1, -0.05) is 24.3 Å². The van der Waals surface area contributed by atoms with Gasteiger partial charge in [0.15, 0.2) is 0 Å². The van der Waals surface area contributed by atoms with Gasteiger partial charge in [0.1, 0.15) is 5.25 Å². The van der Waals surface area contributed by atoms with Gasteiger partial charge in [0.2, 0.25) is 10.0 Å². The van der Waals surface area contributed by atoms with Crippen molar-refractivity contribution in [2.24, 2.45) is 0 Å². The van der Waals surface area contributed by atoms with Crippen LogP contribution in [0.1, 0.15) is 24.0 Å². The third-order valence-electron chi connectivity index (χ3n) is 4.58. The van der Waals surface area contributed by atoms with Gasteiger partial charge in [-0.05, 0) is 30.9 Å². The minimum absolute atomic E-state index is 0.0634. The van der Waals surface area contributed by atoms with Gasteiger partial charge in [-0.2, -0.15) is 0 Å². The molecule has 2 aliphatic rings. The molecule has 1 saturated carbocycles. The maximum Gasteiger partial charge on any atom is 0.219 e. The van der Waals surface area contributed by atoms with Gasteiger partial charge in [-0.3, -0.25) is 0 Å². The largest absolute Gasteiger partial charge is 0.389 e. The molecule has 2 atom stereocenters. The van der Waals surface area contributed by atoms with E-state index in [1.807, 2.05) is 12.1 Å². The summed E-state index contributed by atoms with van der Waals surface area (Å²) < 4.78 is 32.3. The monoisotopic (exact) mass is 311 g/mol. The first-order valence-electron chi connectivity index (χ1n) is 7.25. The Morgan fingerprint density at radius 3 is 2.62 bits per heavy atom. The molecule has 1 aliphatic heterocycles. The lowest BCUT2D eigenvalue weighted by Crippen LogP contribution is -2.43. The Morgan fingerprint density at radius 2 is 2.05 bits per heavy atom. The Hall–Kier alpha value is -0.950. The minimum atomic E-state index is -3.55.